The van der Waals surface area contributed by atoms with E-state index in [0.717, 1.165) is 57.0 Å². The Labute approximate surface area is 162 Å². The van der Waals surface area contributed by atoms with E-state index in [-0.39, 0.29) is 0 Å². The Hall–Kier alpha value is -2.30. The fraction of sp³-hybridized carbons (Fsp3) is 0.545. The molecule has 1 aliphatic rings. The lowest BCUT2D eigenvalue weighted by molar-refractivity contribution is 0.220. The highest BCUT2D eigenvalue weighted by Gasteiger charge is 2.24. The van der Waals surface area contributed by atoms with E-state index in [2.05, 4.69) is 66.7 Å². The zero-order valence-corrected chi connectivity index (χ0v) is 16.8. The van der Waals surface area contributed by atoms with Gasteiger partial charge in [0, 0.05) is 19.0 Å². The molecule has 2 aromatic rings. The van der Waals surface area contributed by atoms with E-state index >= 15 is 0 Å². The molecule has 0 radical (unpaired) electrons. The number of piperidine rings is 1. The molecular formula is C22H31N3O2. The quantitative estimate of drug-likeness (QED) is 0.632. The van der Waals surface area contributed by atoms with Gasteiger partial charge in [0.25, 0.3) is 0 Å². The van der Waals surface area contributed by atoms with Crippen LogP contribution in [0.25, 0.3) is 5.57 Å². The maximum absolute atomic E-state index is 6.02. The smallest absolute Gasteiger partial charge is 0.324 e. The van der Waals surface area contributed by atoms with Crippen LogP contribution < -0.4 is 9.64 Å². The molecule has 1 aliphatic heterocycles. The van der Waals surface area contributed by atoms with Crippen LogP contribution in [0.5, 0.6) is 5.75 Å². The van der Waals surface area contributed by atoms with Crippen LogP contribution in [0.1, 0.15) is 63.8 Å². The Morgan fingerprint density at radius 3 is 2.56 bits per heavy atom. The van der Waals surface area contributed by atoms with Crippen LogP contribution in [0.2, 0.25) is 0 Å². The van der Waals surface area contributed by atoms with Gasteiger partial charge in [-0.1, -0.05) is 51.1 Å². The molecule has 27 heavy (non-hydrogen) atoms. The molecule has 1 aromatic carbocycles. The molecule has 5 heteroatoms. The Morgan fingerprint density at radius 2 is 1.96 bits per heavy atom. The molecule has 0 unspecified atom stereocenters. The van der Waals surface area contributed by atoms with Crippen molar-refractivity contribution in [1.82, 2.24) is 10.1 Å². The fourth-order valence-corrected chi connectivity index (χ4v) is 3.33. The fourth-order valence-electron chi connectivity index (χ4n) is 3.33. The third-order valence-electron chi connectivity index (χ3n) is 5.13. The van der Waals surface area contributed by atoms with Crippen LogP contribution >= 0.6 is 0 Å². The van der Waals surface area contributed by atoms with Crippen molar-refractivity contribution in [1.29, 1.82) is 0 Å². The van der Waals surface area contributed by atoms with E-state index in [4.69, 9.17) is 9.26 Å². The van der Waals surface area contributed by atoms with E-state index < -0.39 is 0 Å². The van der Waals surface area contributed by atoms with E-state index in [1.54, 1.807) is 0 Å². The van der Waals surface area contributed by atoms with Gasteiger partial charge in [-0.2, -0.15) is 4.98 Å². The zero-order chi connectivity index (χ0) is 19.2. The summed E-state index contributed by atoms with van der Waals surface area (Å²) in [6.45, 7) is 13.1. The van der Waals surface area contributed by atoms with Crippen molar-refractivity contribution >= 4 is 11.6 Å². The number of allylic oxidation sites excluding steroid dienone is 1. The highest BCUT2D eigenvalue weighted by Crippen LogP contribution is 2.25. The largest absolute Gasteiger partial charge is 0.493 e. The van der Waals surface area contributed by atoms with Crippen molar-refractivity contribution in [3.05, 3.63) is 42.2 Å². The molecule has 2 heterocycles. The molecular weight excluding hydrogens is 338 g/mol. The van der Waals surface area contributed by atoms with Gasteiger partial charge in [-0.3, -0.25) is 0 Å². The summed E-state index contributed by atoms with van der Waals surface area (Å²) in [6, 6.07) is 8.98. The van der Waals surface area contributed by atoms with Crippen LogP contribution in [0, 0.1) is 5.92 Å². The average Bonchev–Trinajstić information content (AvgIpc) is 3.18. The van der Waals surface area contributed by atoms with Gasteiger partial charge in [0.2, 0.25) is 0 Å². The summed E-state index contributed by atoms with van der Waals surface area (Å²) >= 11 is 0. The molecule has 5 nitrogen and oxygen atoms in total. The van der Waals surface area contributed by atoms with Crippen molar-refractivity contribution in [3.8, 4) is 5.75 Å². The normalized spacial score (nSPS) is 15.3. The molecule has 0 amide bonds. The lowest BCUT2D eigenvalue weighted by atomic mass is 9.98. The lowest BCUT2D eigenvalue weighted by Gasteiger charge is -2.30. The average molecular weight is 370 g/mol. The van der Waals surface area contributed by atoms with Crippen molar-refractivity contribution in [3.63, 3.8) is 0 Å². The van der Waals surface area contributed by atoms with Crippen LogP contribution in [0.15, 0.2) is 35.4 Å². The van der Waals surface area contributed by atoms with Crippen LogP contribution in [0.3, 0.4) is 0 Å². The first-order valence-electron chi connectivity index (χ1n) is 10.1. The first-order valence-corrected chi connectivity index (χ1v) is 10.1. The minimum atomic E-state index is 0.291. The first kappa shape index (κ1) is 19.5. The summed E-state index contributed by atoms with van der Waals surface area (Å²) in [5, 5.41) is 4.06. The second-order valence-corrected chi connectivity index (χ2v) is 7.71. The predicted octanol–water partition coefficient (Wildman–Crippen LogP) is 5.30. The molecule has 0 spiro atoms. The number of ether oxygens (including phenoxy) is 1. The molecule has 1 saturated heterocycles. The lowest BCUT2D eigenvalue weighted by Crippen LogP contribution is -2.35. The standard InChI is InChI=1S/C22H31N3O2/c1-5-6-17(4)19-7-9-20(10-8-19)26-15-18-11-13-25(14-12-18)22-23-21(16(2)3)24-27-22/h7-10,16,18H,4-6,11-15H2,1-3H3. The summed E-state index contributed by atoms with van der Waals surface area (Å²) in [7, 11) is 0. The number of hydrogen-bond acceptors (Lipinski definition) is 5. The number of benzene rings is 1. The number of aromatic nitrogens is 2. The molecule has 0 bridgehead atoms. The van der Waals surface area contributed by atoms with E-state index in [1.165, 1.54) is 11.1 Å². The zero-order valence-electron chi connectivity index (χ0n) is 16.8. The van der Waals surface area contributed by atoms with Crippen LogP contribution in [-0.2, 0) is 0 Å². The van der Waals surface area contributed by atoms with Crippen LogP contribution in [-0.4, -0.2) is 29.8 Å². The molecule has 0 atom stereocenters. The van der Waals surface area contributed by atoms with Gasteiger partial charge >= 0.3 is 6.01 Å². The molecule has 3 rings (SSSR count). The van der Waals surface area contributed by atoms with Gasteiger partial charge < -0.3 is 14.2 Å². The molecule has 1 aromatic heterocycles. The third kappa shape index (κ3) is 5.12. The van der Waals surface area contributed by atoms with Crippen molar-refractivity contribution in [2.75, 3.05) is 24.6 Å². The first-order chi connectivity index (χ1) is 13.1. The molecule has 0 aliphatic carbocycles. The Morgan fingerprint density at radius 1 is 1.26 bits per heavy atom. The van der Waals surface area contributed by atoms with E-state index in [9.17, 15) is 0 Å². The Bertz CT molecular complexity index is 728. The molecule has 1 fully saturated rings. The van der Waals surface area contributed by atoms with Gasteiger partial charge in [-0.15, -0.1) is 0 Å². The van der Waals surface area contributed by atoms with Crippen molar-refractivity contribution < 1.29 is 9.26 Å². The summed E-state index contributed by atoms with van der Waals surface area (Å²) in [6.07, 6.45) is 4.31. The monoisotopic (exact) mass is 369 g/mol. The van der Waals surface area contributed by atoms with E-state index in [1.807, 2.05) is 0 Å². The number of anilines is 1. The minimum absolute atomic E-state index is 0.291. The van der Waals surface area contributed by atoms with Crippen LogP contribution in [0.4, 0.5) is 6.01 Å². The highest BCUT2D eigenvalue weighted by atomic mass is 16.5. The van der Waals surface area contributed by atoms with E-state index in [0.29, 0.717) is 17.9 Å². The third-order valence-corrected chi connectivity index (χ3v) is 5.13. The molecule has 0 N–H and O–H groups in total. The van der Waals surface area contributed by atoms with Gasteiger partial charge in [0.15, 0.2) is 5.82 Å². The Balaban J connectivity index is 1.44. The summed E-state index contributed by atoms with van der Waals surface area (Å²) in [5.74, 6) is 2.56. The Kier molecular flexibility index (Phi) is 6.54. The van der Waals surface area contributed by atoms with Gasteiger partial charge in [-0.25, -0.2) is 0 Å². The highest BCUT2D eigenvalue weighted by molar-refractivity contribution is 5.63. The predicted molar refractivity (Wildman–Crippen MR) is 109 cm³/mol. The SMILES string of the molecule is C=C(CCC)c1ccc(OCC2CCN(c3nc(C(C)C)no3)CC2)cc1. The minimum Gasteiger partial charge on any atom is -0.493 e. The number of hydrogen-bond donors (Lipinski definition) is 0. The maximum Gasteiger partial charge on any atom is 0.324 e. The number of rotatable bonds is 8. The topological polar surface area (TPSA) is 51.4 Å². The summed E-state index contributed by atoms with van der Waals surface area (Å²) in [4.78, 5) is 6.68. The molecule has 0 saturated carbocycles. The van der Waals surface area contributed by atoms with Crippen molar-refractivity contribution in [2.45, 2.75) is 52.4 Å². The number of nitrogens with zero attached hydrogens (tertiary/aromatic N) is 3. The summed E-state index contributed by atoms with van der Waals surface area (Å²) < 4.78 is 11.4. The van der Waals surface area contributed by atoms with Gasteiger partial charge in [0.1, 0.15) is 5.75 Å². The maximum atomic E-state index is 6.02. The summed E-state index contributed by atoms with van der Waals surface area (Å²) in [5.41, 5.74) is 2.40. The molecule has 146 valence electrons. The second-order valence-electron chi connectivity index (χ2n) is 7.71. The van der Waals surface area contributed by atoms with Crippen molar-refractivity contribution in [2.24, 2.45) is 5.92 Å². The second kappa shape index (κ2) is 9.07. The van der Waals surface area contributed by atoms with Gasteiger partial charge in [-0.05, 0) is 48.4 Å². The van der Waals surface area contributed by atoms with Gasteiger partial charge in [0.05, 0.1) is 6.61 Å².